The van der Waals surface area contributed by atoms with E-state index in [1.54, 1.807) is 87.6 Å². The Morgan fingerprint density at radius 1 is 0.725 bits per heavy atom. The fourth-order valence-electron chi connectivity index (χ4n) is 14.0. The number of primary amides is 1. The number of rotatable bonds is 43. The van der Waals surface area contributed by atoms with Crippen LogP contribution in [0.2, 0.25) is 0 Å². The van der Waals surface area contributed by atoms with Crippen LogP contribution in [0.15, 0.2) is 90.4 Å². The van der Waals surface area contributed by atoms with E-state index in [-0.39, 0.29) is 140 Å². The molecule has 2 aliphatic heterocycles. The third-order valence-electron chi connectivity index (χ3n) is 19.9. The summed E-state index contributed by atoms with van der Waals surface area (Å²) in [5, 5.41) is 11.8. The standard InChI is InChI=1S/C77H109N9O15S/c1-14-50(8)69(64(98-12)45-66(91)85-38-24-30-60(85)70(99-13)51(9)61(87)43-55(72-79-37-40-102-72)41-52-25-17-15-18-26-52)83(10)73(93)59(47(2)3)44-63(89)68(49(6)7)84(11)77(97)100-46-53-32-34-56(35-33-53)81-71(92)54(27-23-36-80-76(78)96)42-62(88)67(48(4)5)82-65(90)31-19-16-22-39-101-86-74(94)57-28-20-21-29-58(57)75(86)95/h15,17-18,20-21,25-26,28-29,32-35,37,40,47-51,54-55,59-60,64,67-70H,14,16,19,22-24,27,30-31,36,38-39,41-46H2,1-13H3,(H,81,92)(H,82,90)(H3,78,80,96)/t50-,51-,54+,55+,59-,60-,64+,67-,68-,69-,70+/m0/s1. The van der Waals surface area contributed by atoms with Gasteiger partial charge in [-0.2, -0.15) is 0 Å². The number of urea groups is 1. The summed E-state index contributed by atoms with van der Waals surface area (Å²) < 4.78 is 18.1. The molecule has 0 radical (unpaired) electrons. The predicted molar refractivity (Wildman–Crippen MR) is 388 cm³/mol. The number of ketones is 3. The van der Waals surface area contributed by atoms with Gasteiger partial charge in [-0.05, 0) is 104 Å². The van der Waals surface area contributed by atoms with Crippen molar-refractivity contribution >= 4 is 81.9 Å². The molecule has 25 heteroatoms. The number of carbonyl (C=O) groups is 11. The highest BCUT2D eigenvalue weighted by atomic mass is 32.1. The van der Waals surface area contributed by atoms with Crippen molar-refractivity contribution in [2.75, 3.05) is 53.3 Å². The van der Waals surface area contributed by atoms with Crippen LogP contribution in [0, 0.1) is 41.4 Å². The predicted octanol–water partition coefficient (Wildman–Crippen LogP) is 10.8. The highest BCUT2D eigenvalue weighted by Gasteiger charge is 2.45. The molecule has 9 amide bonds. The maximum absolute atomic E-state index is 15.0. The molecule has 4 aromatic rings. The first-order valence-electron chi connectivity index (χ1n) is 36.0. The number of benzene rings is 3. The first-order chi connectivity index (χ1) is 48.6. The number of carbonyl (C=O) groups excluding carboxylic acids is 11. The molecule has 0 aliphatic carbocycles. The summed E-state index contributed by atoms with van der Waals surface area (Å²) in [7, 11) is 6.32. The lowest BCUT2D eigenvalue weighted by molar-refractivity contribution is -0.149. The zero-order valence-electron chi connectivity index (χ0n) is 61.8. The number of likely N-dealkylation sites (tertiary alicyclic amines) is 1. The second-order valence-electron chi connectivity index (χ2n) is 28.3. The number of nitrogens with one attached hydrogen (secondary N) is 3. The number of hydrogen-bond acceptors (Lipinski definition) is 17. The van der Waals surface area contributed by atoms with Gasteiger partial charge in [-0.1, -0.05) is 130 Å². The maximum atomic E-state index is 15.0. The number of nitrogens with two attached hydrogens (primary N) is 1. The number of hydrogen-bond donors (Lipinski definition) is 4. The second kappa shape index (κ2) is 40.5. The molecule has 3 aromatic carbocycles. The maximum Gasteiger partial charge on any atom is 0.410 e. The Morgan fingerprint density at radius 3 is 1.98 bits per heavy atom. The number of Topliss-reactive ketones (excluding diaryl/α,β-unsaturated/α-hetero) is 3. The molecule has 0 spiro atoms. The van der Waals surface area contributed by atoms with Crippen molar-refractivity contribution in [3.05, 3.63) is 118 Å². The molecule has 5 N–H and O–H groups in total. The third-order valence-corrected chi connectivity index (χ3v) is 20.9. The molecule has 558 valence electrons. The van der Waals surface area contributed by atoms with E-state index in [1.807, 2.05) is 76.9 Å². The lowest BCUT2D eigenvalue weighted by atomic mass is 9.83. The largest absolute Gasteiger partial charge is 0.445 e. The van der Waals surface area contributed by atoms with Crippen LogP contribution in [0.5, 0.6) is 0 Å². The lowest BCUT2D eigenvalue weighted by Gasteiger charge is -2.41. The average Bonchev–Trinajstić information content (AvgIpc) is 1.59. The van der Waals surface area contributed by atoms with Crippen molar-refractivity contribution in [1.29, 1.82) is 0 Å². The Balaban J connectivity index is 1.02. The summed E-state index contributed by atoms with van der Waals surface area (Å²) in [5.41, 5.74) is 7.90. The van der Waals surface area contributed by atoms with Crippen LogP contribution in [0.4, 0.5) is 15.3 Å². The van der Waals surface area contributed by atoms with Crippen LogP contribution in [0.1, 0.15) is 189 Å². The summed E-state index contributed by atoms with van der Waals surface area (Å²) in [6, 6.07) is 19.5. The molecule has 24 nitrogen and oxygen atoms in total. The minimum Gasteiger partial charge on any atom is -0.445 e. The van der Waals surface area contributed by atoms with Crippen molar-refractivity contribution in [3.63, 3.8) is 0 Å². The Hall–Kier alpha value is -8.26. The van der Waals surface area contributed by atoms with Crippen molar-refractivity contribution in [2.45, 2.75) is 201 Å². The van der Waals surface area contributed by atoms with Gasteiger partial charge in [0.05, 0.1) is 65.5 Å². The number of likely N-dealkylation sites (N-methyl/N-ethyl adjacent to an activating group) is 2. The number of nitrogens with zero attached hydrogens (tertiary/aromatic N) is 5. The van der Waals surface area contributed by atoms with Gasteiger partial charge in [-0.15, -0.1) is 16.4 Å². The van der Waals surface area contributed by atoms with E-state index in [1.165, 1.54) is 30.4 Å². The number of unbranched alkanes of at least 4 members (excludes halogenated alkanes) is 2. The van der Waals surface area contributed by atoms with Crippen molar-refractivity contribution in [2.24, 2.45) is 47.2 Å². The van der Waals surface area contributed by atoms with Gasteiger partial charge in [-0.25, -0.2) is 14.6 Å². The van der Waals surface area contributed by atoms with E-state index in [0.29, 0.717) is 62.7 Å². The molecule has 2 aliphatic rings. The molecule has 1 saturated heterocycles. The summed E-state index contributed by atoms with van der Waals surface area (Å²) in [6.07, 6.45) is 4.27. The number of imide groups is 1. The van der Waals surface area contributed by atoms with Crippen molar-refractivity contribution in [1.82, 2.24) is 35.4 Å². The van der Waals surface area contributed by atoms with Gasteiger partial charge in [0, 0.05) is 108 Å². The highest BCUT2D eigenvalue weighted by Crippen LogP contribution is 2.35. The van der Waals surface area contributed by atoms with E-state index in [4.69, 9.17) is 24.8 Å². The van der Waals surface area contributed by atoms with E-state index in [2.05, 4.69) is 33.1 Å². The Labute approximate surface area is 605 Å². The van der Waals surface area contributed by atoms with Crippen LogP contribution in [-0.2, 0) is 65.6 Å². The van der Waals surface area contributed by atoms with Gasteiger partial charge in [0.25, 0.3) is 11.8 Å². The van der Waals surface area contributed by atoms with Gasteiger partial charge in [0.1, 0.15) is 12.4 Å². The zero-order valence-corrected chi connectivity index (χ0v) is 62.6. The number of fused-ring (bicyclic) bond motifs is 1. The number of methoxy groups -OCH3 is 2. The molecule has 102 heavy (non-hydrogen) atoms. The minimum atomic E-state index is -0.967. The van der Waals surface area contributed by atoms with Crippen LogP contribution in [-0.4, -0.2) is 174 Å². The van der Waals surface area contributed by atoms with E-state index in [0.717, 1.165) is 22.1 Å². The third kappa shape index (κ3) is 23.1. The topological polar surface area (TPSA) is 313 Å². The fraction of sp³-hybridized carbons (Fsp3) is 0.584. The summed E-state index contributed by atoms with van der Waals surface area (Å²) in [6.45, 7) is 17.4. The smallest absolute Gasteiger partial charge is 0.410 e. The molecule has 6 rings (SSSR count). The zero-order chi connectivity index (χ0) is 74.9. The molecule has 11 atom stereocenters. The van der Waals surface area contributed by atoms with E-state index in [9.17, 15) is 52.7 Å². The Kier molecular flexibility index (Phi) is 32.9. The number of thiazole rings is 1. The molecule has 0 unspecified atom stereocenters. The fourth-order valence-corrected chi connectivity index (χ4v) is 14.7. The molecule has 0 bridgehead atoms. The van der Waals surface area contributed by atoms with Crippen molar-refractivity contribution < 1.29 is 71.8 Å². The summed E-state index contributed by atoms with van der Waals surface area (Å²) in [5.74, 6) is -6.44. The first kappa shape index (κ1) is 82.7. The molecule has 1 fully saturated rings. The number of anilines is 1. The van der Waals surface area contributed by atoms with Crippen LogP contribution in [0.3, 0.4) is 0 Å². The van der Waals surface area contributed by atoms with Gasteiger partial charge >= 0.3 is 12.1 Å². The Bertz CT molecular complexity index is 3410. The van der Waals surface area contributed by atoms with Crippen LogP contribution in [0.25, 0.3) is 0 Å². The number of hydroxylamine groups is 2. The number of amides is 9. The summed E-state index contributed by atoms with van der Waals surface area (Å²) >= 11 is 1.53. The van der Waals surface area contributed by atoms with Crippen molar-refractivity contribution in [3.8, 4) is 0 Å². The van der Waals surface area contributed by atoms with Crippen LogP contribution >= 0.6 is 11.3 Å². The molecule has 1 aromatic heterocycles. The summed E-state index contributed by atoms with van der Waals surface area (Å²) in [4.78, 5) is 165. The van der Waals surface area contributed by atoms with E-state index >= 15 is 0 Å². The normalized spacial score (nSPS) is 16.6. The first-order valence-corrected chi connectivity index (χ1v) is 36.9. The lowest BCUT2D eigenvalue weighted by Crippen LogP contribution is -2.54. The molecule has 0 saturated carbocycles. The number of aromatic nitrogens is 1. The number of ether oxygens (including phenoxy) is 3. The Morgan fingerprint density at radius 2 is 1.39 bits per heavy atom. The monoisotopic (exact) mass is 1430 g/mol. The molecule has 3 heterocycles. The van der Waals surface area contributed by atoms with Gasteiger partial charge in [-0.3, -0.25) is 48.0 Å². The highest BCUT2D eigenvalue weighted by molar-refractivity contribution is 7.09. The van der Waals surface area contributed by atoms with E-state index < -0.39 is 77.9 Å². The average molecular weight is 1430 g/mol. The minimum absolute atomic E-state index is 0.0344. The SMILES string of the molecule is CC[C@H](C)[C@@H]([C@@H](CC(=O)N1CCC[C@H]1[C@H](OC)[C@@H](C)C(=O)C[C@@H](Cc1ccccc1)c1nccs1)OC)N(C)C(=O)[C@@H](CC(=O)[C@H](C(C)C)N(C)C(=O)OCc1ccc(NC(=O)[C@H](CCCNC(N)=O)CC(=O)[C@@H](NC(=O)CCCCCON2C(=O)c3ccccc3C2=O)C(C)C)cc1)C(C)C. The quantitative estimate of drug-likeness (QED) is 0.0236. The van der Waals surface area contributed by atoms with Gasteiger partial charge in [0.15, 0.2) is 11.6 Å². The molecular formula is C77H109N9O15S. The second-order valence-corrected chi connectivity index (χ2v) is 29.2. The molecular weight excluding hydrogens is 1320 g/mol. The van der Waals surface area contributed by atoms with Crippen LogP contribution < -0.4 is 21.7 Å². The van der Waals surface area contributed by atoms with Gasteiger partial charge < -0.3 is 50.6 Å². The van der Waals surface area contributed by atoms with Gasteiger partial charge in [0.2, 0.25) is 23.6 Å².